The highest BCUT2D eigenvalue weighted by molar-refractivity contribution is 5.33. The number of halogens is 1. The van der Waals surface area contributed by atoms with Crippen molar-refractivity contribution in [3.63, 3.8) is 0 Å². The fourth-order valence-electron chi connectivity index (χ4n) is 3.19. The summed E-state index contributed by atoms with van der Waals surface area (Å²) in [5.74, 6) is -0.292. The molecular formula is C18H17FN6. The summed E-state index contributed by atoms with van der Waals surface area (Å²) in [7, 11) is 0. The molecule has 3 heterocycles. The average Bonchev–Trinajstić information content (AvgIpc) is 3.18. The van der Waals surface area contributed by atoms with Gasteiger partial charge in [0.25, 0.3) is 0 Å². The number of aromatic nitrogens is 4. The fraction of sp³-hybridized carbons (Fsp3) is 0.278. The minimum Gasteiger partial charge on any atom is -0.293 e. The van der Waals surface area contributed by atoms with Gasteiger partial charge in [0.05, 0.1) is 11.9 Å². The number of aryl methyl sites for hydroxylation is 1. The summed E-state index contributed by atoms with van der Waals surface area (Å²) in [6.07, 6.45) is 4.61. The second-order valence-corrected chi connectivity index (χ2v) is 6.16. The first-order chi connectivity index (χ1) is 12.2. The van der Waals surface area contributed by atoms with Crippen LogP contribution >= 0.6 is 0 Å². The van der Waals surface area contributed by atoms with E-state index in [1.165, 1.54) is 6.07 Å². The van der Waals surface area contributed by atoms with Gasteiger partial charge in [-0.2, -0.15) is 15.5 Å². The minimum atomic E-state index is -0.292. The minimum absolute atomic E-state index is 0.292. The molecule has 0 saturated carbocycles. The van der Waals surface area contributed by atoms with E-state index in [4.69, 9.17) is 5.26 Å². The molecule has 0 unspecified atom stereocenters. The largest absolute Gasteiger partial charge is 0.293 e. The lowest BCUT2D eigenvalue weighted by molar-refractivity contribution is 0.261. The zero-order chi connectivity index (χ0) is 17.2. The van der Waals surface area contributed by atoms with Gasteiger partial charge in [0.1, 0.15) is 17.6 Å². The van der Waals surface area contributed by atoms with Gasteiger partial charge >= 0.3 is 0 Å². The van der Waals surface area contributed by atoms with Crippen molar-refractivity contribution in [3.05, 3.63) is 65.5 Å². The van der Waals surface area contributed by atoms with Gasteiger partial charge in [-0.15, -0.1) is 0 Å². The van der Waals surface area contributed by atoms with Gasteiger partial charge in [-0.05, 0) is 24.6 Å². The van der Waals surface area contributed by atoms with E-state index in [0.29, 0.717) is 11.4 Å². The van der Waals surface area contributed by atoms with Gasteiger partial charge in [-0.25, -0.2) is 9.07 Å². The predicted octanol–water partition coefficient (Wildman–Crippen LogP) is 2.49. The van der Waals surface area contributed by atoms with E-state index < -0.39 is 0 Å². The normalized spacial score (nSPS) is 14.7. The van der Waals surface area contributed by atoms with Crippen LogP contribution in [0.5, 0.6) is 0 Å². The maximum absolute atomic E-state index is 13.9. The zero-order valence-electron chi connectivity index (χ0n) is 13.6. The zero-order valence-corrected chi connectivity index (χ0v) is 13.6. The van der Waals surface area contributed by atoms with Crippen molar-refractivity contribution in [2.24, 2.45) is 0 Å². The van der Waals surface area contributed by atoms with Crippen LogP contribution in [0.1, 0.15) is 23.4 Å². The standard InChI is InChI=1S/C18H17FN6/c19-17-4-1-2-5-18(17)25-12-14(10-21-25)11-23-6-3-7-24-16(13-23)8-15(9-20)22-24/h1-2,4-5,8,10,12H,3,6-7,11,13H2. The highest BCUT2D eigenvalue weighted by Crippen LogP contribution is 2.17. The molecule has 1 aliphatic heterocycles. The summed E-state index contributed by atoms with van der Waals surface area (Å²) in [5, 5.41) is 17.6. The fourth-order valence-corrected chi connectivity index (χ4v) is 3.19. The summed E-state index contributed by atoms with van der Waals surface area (Å²) < 4.78 is 17.4. The predicted molar refractivity (Wildman–Crippen MR) is 89.2 cm³/mol. The molecule has 3 aromatic rings. The quantitative estimate of drug-likeness (QED) is 0.737. The second kappa shape index (κ2) is 6.49. The van der Waals surface area contributed by atoms with E-state index in [1.54, 1.807) is 29.1 Å². The number of nitrogens with zero attached hydrogens (tertiary/aromatic N) is 6. The SMILES string of the molecule is N#Cc1cc2n(n1)CCCN(Cc1cnn(-c3ccccc3F)c1)C2. The molecule has 7 heteroatoms. The van der Waals surface area contributed by atoms with Crippen LogP contribution in [0.25, 0.3) is 5.69 Å². The van der Waals surface area contributed by atoms with Crippen LogP contribution in [0.4, 0.5) is 4.39 Å². The third kappa shape index (κ3) is 3.16. The van der Waals surface area contributed by atoms with E-state index in [2.05, 4.69) is 21.2 Å². The van der Waals surface area contributed by atoms with E-state index in [9.17, 15) is 4.39 Å². The Morgan fingerprint density at radius 3 is 2.96 bits per heavy atom. The lowest BCUT2D eigenvalue weighted by Crippen LogP contribution is -2.22. The third-order valence-electron chi connectivity index (χ3n) is 4.35. The topological polar surface area (TPSA) is 62.7 Å². The Kier molecular flexibility index (Phi) is 4.04. The molecular weight excluding hydrogens is 319 g/mol. The molecule has 2 aromatic heterocycles. The first kappa shape index (κ1) is 15.5. The molecule has 1 aromatic carbocycles. The molecule has 1 aliphatic rings. The summed E-state index contributed by atoms with van der Waals surface area (Å²) >= 11 is 0. The molecule has 0 N–H and O–H groups in total. The molecule has 0 aliphatic carbocycles. The van der Waals surface area contributed by atoms with Crippen LogP contribution in [-0.4, -0.2) is 31.0 Å². The number of benzene rings is 1. The van der Waals surface area contributed by atoms with Crippen molar-refractivity contribution in [2.45, 2.75) is 26.1 Å². The maximum Gasteiger partial charge on any atom is 0.162 e. The highest BCUT2D eigenvalue weighted by Gasteiger charge is 2.17. The Bertz CT molecular complexity index is 935. The molecule has 6 nitrogen and oxygen atoms in total. The van der Waals surface area contributed by atoms with Crippen molar-refractivity contribution >= 4 is 0 Å². The molecule has 25 heavy (non-hydrogen) atoms. The Balaban J connectivity index is 1.51. The second-order valence-electron chi connectivity index (χ2n) is 6.16. The van der Waals surface area contributed by atoms with E-state index in [-0.39, 0.29) is 5.82 Å². The number of hydrogen-bond donors (Lipinski definition) is 0. The van der Waals surface area contributed by atoms with Gasteiger partial charge in [-0.1, -0.05) is 12.1 Å². The molecule has 0 atom stereocenters. The first-order valence-corrected chi connectivity index (χ1v) is 8.20. The monoisotopic (exact) mass is 336 g/mol. The molecule has 0 fully saturated rings. The number of rotatable bonds is 3. The van der Waals surface area contributed by atoms with Crippen LogP contribution in [0.15, 0.2) is 42.7 Å². The van der Waals surface area contributed by atoms with Crippen molar-refractivity contribution in [1.82, 2.24) is 24.5 Å². The van der Waals surface area contributed by atoms with E-state index >= 15 is 0 Å². The van der Waals surface area contributed by atoms with Crippen LogP contribution in [0.2, 0.25) is 0 Å². The Labute approximate surface area is 144 Å². The van der Waals surface area contributed by atoms with Gasteiger partial charge in [0.2, 0.25) is 0 Å². The number of para-hydroxylation sites is 1. The van der Waals surface area contributed by atoms with Crippen LogP contribution < -0.4 is 0 Å². The van der Waals surface area contributed by atoms with Gasteiger partial charge in [-0.3, -0.25) is 9.58 Å². The highest BCUT2D eigenvalue weighted by atomic mass is 19.1. The Morgan fingerprint density at radius 1 is 1.24 bits per heavy atom. The average molecular weight is 336 g/mol. The number of nitriles is 1. The Morgan fingerprint density at radius 2 is 2.12 bits per heavy atom. The van der Waals surface area contributed by atoms with E-state index in [1.807, 2.05) is 16.9 Å². The first-order valence-electron chi connectivity index (χ1n) is 8.20. The lowest BCUT2D eigenvalue weighted by atomic mass is 10.2. The van der Waals surface area contributed by atoms with Crippen LogP contribution in [-0.2, 0) is 19.6 Å². The summed E-state index contributed by atoms with van der Waals surface area (Å²) in [4.78, 5) is 2.30. The molecule has 0 saturated heterocycles. The number of fused-ring (bicyclic) bond motifs is 1. The molecule has 0 bridgehead atoms. The van der Waals surface area contributed by atoms with Gasteiger partial charge in [0, 0.05) is 37.9 Å². The third-order valence-corrected chi connectivity index (χ3v) is 4.35. The summed E-state index contributed by atoms with van der Waals surface area (Å²) in [6, 6.07) is 10.5. The Hall–Kier alpha value is -2.98. The molecule has 0 amide bonds. The van der Waals surface area contributed by atoms with Crippen molar-refractivity contribution < 1.29 is 4.39 Å². The molecule has 0 spiro atoms. The van der Waals surface area contributed by atoms with Crippen LogP contribution in [0, 0.1) is 17.1 Å². The van der Waals surface area contributed by atoms with E-state index in [0.717, 1.165) is 43.9 Å². The van der Waals surface area contributed by atoms with Crippen molar-refractivity contribution in [3.8, 4) is 11.8 Å². The molecule has 4 rings (SSSR count). The molecule has 0 radical (unpaired) electrons. The van der Waals surface area contributed by atoms with Crippen LogP contribution in [0.3, 0.4) is 0 Å². The van der Waals surface area contributed by atoms with Gasteiger partial charge < -0.3 is 0 Å². The number of hydrogen-bond acceptors (Lipinski definition) is 4. The van der Waals surface area contributed by atoms with Gasteiger partial charge in [0.15, 0.2) is 5.69 Å². The summed E-state index contributed by atoms with van der Waals surface area (Å²) in [6.45, 7) is 3.22. The smallest absolute Gasteiger partial charge is 0.162 e. The lowest BCUT2D eigenvalue weighted by Gasteiger charge is -2.18. The maximum atomic E-state index is 13.9. The molecule has 126 valence electrons. The van der Waals surface area contributed by atoms with Crippen molar-refractivity contribution in [2.75, 3.05) is 6.54 Å². The summed E-state index contributed by atoms with van der Waals surface area (Å²) in [5.41, 5.74) is 2.98. The van der Waals surface area contributed by atoms with Crippen molar-refractivity contribution in [1.29, 1.82) is 5.26 Å².